The number of benzene rings is 1. The molecule has 154 valence electrons. The molecule has 0 bridgehead atoms. The molecule has 1 aromatic carbocycles. The number of halogens is 1. The molecule has 0 atom stereocenters. The Morgan fingerprint density at radius 3 is 2.93 bits per heavy atom. The lowest BCUT2D eigenvalue weighted by Gasteiger charge is -2.50. The van der Waals surface area contributed by atoms with Crippen LogP contribution in [0.4, 0.5) is 10.1 Å². The average Bonchev–Trinajstić information content (AvgIpc) is 3.16. The number of aryl methyl sites for hydroxylation is 1. The molecule has 0 unspecified atom stereocenters. The SMILES string of the molecule is Cc1cc(F)c2nc(C3=Cc4ccc(N5CCNC6(CCC6)C5)cc4OC3)cn2c1. The number of fused-ring (bicyclic) bond motifs is 2. The van der Waals surface area contributed by atoms with Crippen LogP contribution in [0.15, 0.2) is 36.7 Å². The molecule has 1 saturated carbocycles. The number of nitrogens with zero attached hydrogens (tertiary/aromatic N) is 3. The quantitative estimate of drug-likeness (QED) is 0.700. The Morgan fingerprint density at radius 1 is 1.20 bits per heavy atom. The van der Waals surface area contributed by atoms with E-state index in [0.717, 1.165) is 47.8 Å². The Kier molecular flexibility index (Phi) is 3.93. The van der Waals surface area contributed by atoms with Crippen LogP contribution in [0.3, 0.4) is 0 Å². The largest absolute Gasteiger partial charge is 0.488 e. The highest BCUT2D eigenvalue weighted by molar-refractivity contribution is 5.85. The maximum absolute atomic E-state index is 14.2. The standard InChI is InChI=1S/C24H25FN4O/c1-16-9-20(25)23-27-21(13-29(23)12-16)18-10-17-3-4-19(11-22(17)30-14-18)28-8-7-26-24(15-28)5-2-6-24/h3-4,9-13,26H,2,5-8,14-15H2,1H3. The van der Waals surface area contributed by atoms with Crippen LogP contribution < -0.4 is 15.0 Å². The molecule has 2 aliphatic heterocycles. The van der Waals surface area contributed by atoms with Gasteiger partial charge in [-0.05, 0) is 56.0 Å². The van der Waals surface area contributed by atoms with Crippen LogP contribution in [0.25, 0.3) is 17.3 Å². The third kappa shape index (κ3) is 2.89. The molecule has 1 aliphatic carbocycles. The summed E-state index contributed by atoms with van der Waals surface area (Å²) in [4.78, 5) is 6.98. The lowest BCUT2D eigenvalue weighted by Crippen LogP contribution is -2.64. The summed E-state index contributed by atoms with van der Waals surface area (Å²) in [6.07, 6.45) is 9.75. The molecule has 2 fully saturated rings. The van der Waals surface area contributed by atoms with E-state index >= 15 is 0 Å². The number of nitrogens with one attached hydrogen (secondary N) is 1. The molecule has 0 radical (unpaired) electrons. The number of imidazole rings is 1. The number of rotatable bonds is 2. The zero-order valence-electron chi connectivity index (χ0n) is 17.1. The van der Waals surface area contributed by atoms with E-state index in [4.69, 9.17) is 4.74 Å². The summed E-state index contributed by atoms with van der Waals surface area (Å²) in [6, 6.07) is 7.98. The Bertz CT molecular complexity index is 1180. The minimum Gasteiger partial charge on any atom is -0.488 e. The van der Waals surface area contributed by atoms with Crippen molar-refractivity contribution in [3.8, 4) is 5.75 Å². The molecule has 5 nitrogen and oxygen atoms in total. The summed E-state index contributed by atoms with van der Waals surface area (Å²) in [7, 11) is 0. The summed E-state index contributed by atoms with van der Waals surface area (Å²) in [5.41, 5.74) is 5.52. The monoisotopic (exact) mass is 404 g/mol. The van der Waals surface area contributed by atoms with Gasteiger partial charge in [-0.15, -0.1) is 0 Å². The predicted octanol–water partition coefficient (Wildman–Crippen LogP) is 4.05. The fourth-order valence-corrected chi connectivity index (χ4v) is 4.96. The fraction of sp³-hybridized carbons (Fsp3) is 0.375. The molecule has 1 saturated heterocycles. The second kappa shape index (κ2) is 6.57. The Morgan fingerprint density at radius 2 is 2.10 bits per heavy atom. The first-order chi connectivity index (χ1) is 14.6. The van der Waals surface area contributed by atoms with Gasteiger partial charge in [0.1, 0.15) is 12.4 Å². The molecule has 3 aliphatic rings. The van der Waals surface area contributed by atoms with Gasteiger partial charge in [-0.3, -0.25) is 0 Å². The smallest absolute Gasteiger partial charge is 0.173 e. The van der Waals surface area contributed by atoms with Gasteiger partial charge in [-0.25, -0.2) is 9.37 Å². The Labute approximate surface area is 175 Å². The lowest BCUT2D eigenvalue weighted by molar-refractivity contribution is 0.173. The summed E-state index contributed by atoms with van der Waals surface area (Å²) in [5, 5.41) is 3.72. The summed E-state index contributed by atoms with van der Waals surface area (Å²) >= 11 is 0. The fourth-order valence-electron chi connectivity index (χ4n) is 4.96. The number of hydrogen-bond donors (Lipinski definition) is 1. The zero-order chi connectivity index (χ0) is 20.3. The van der Waals surface area contributed by atoms with Crippen LogP contribution >= 0.6 is 0 Å². The van der Waals surface area contributed by atoms with E-state index in [1.807, 2.05) is 19.3 Å². The van der Waals surface area contributed by atoms with Crippen molar-refractivity contribution >= 4 is 23.0 Å². The topological polar surface area (TPSA) is 41.8 Å². The van der Waals surface area contributed by atoms with Crippen LogP contribution in [-0.4, -0.2) is 41.2 Å². The van der Waals surface area contributed by atoms with Gasteiger partial charge in [0.25, 0.3) is 0 Å². The third-order valence-corrected chi connectivity index (χ3v) is 6.73. The summed E-state index contributed by atoms with van der Waals surface area (Å²) < 4.78 is 22.1. The molecule has 2 aromatic heterocycles. The van der Waals surface area contributed by atoms with E-state index in [9.17, 15) is 4.39 Å². The molecule has 1 spiro atoms. The third-order valence-electron chi connectivity index (χ3n) is 6.73. The number of aromatic nitrogens is 2. The maximum atomic E-state index is 14.2. The lowest BCUT2D eigenvalue weighted by atomic mass is 9.75. The van der Waals surface area contributed by atoms with Crippen molar-refractivity contribution in [1.29, 1.82) is 0 Å². The van der Waals surface area contributed by atoms with Crippen molar-refractivity contribution in [3.05, 3.63) is 59.3 Å². The van der Waals surface area contributed by atoms with Crippen LogP contribution in [0.1, 0.15) is 36.1 Å². The highest BCUT2D eigenvalue weighted by Crippen LogP contribution is 2.38. The van der Waals surface area contributed by atoms with E-state index in [1.165, 1.54) is 31.0 Å². The van der Waals surface area contributed by atoms with Crippen LogP contribution in [-0.2, 0) is 0 Å². The van der Waals surface area contributed by atoms with Gasteiger partial charge in [0.15, 0.2) is 11.5 Å². The van der Waals surface area contributed by atoms with E-state index in [0.29, 0.717) is 17.8 Å². The van der Waals surface area contributed by atoms with Crippen LogP contribution in [0.2, 0.25) is 0 Å². The van der Waals surface area contributed by atoms with Crippen molar-refractivity contribution in [3.63, 3.8) is 0 Å². The molecular weight excluding hydrogens is 379 g/mol. The highest BCUT2D eigenvalue weighted by atomic mass is 19.1. The molecule has 1 N–H and O–H groups in total. The second-order valence-corrected chi connectivity index (χ2v) is 8.89. The van der Waals surface area contributed by atoms with Crippen molar-refractivity contribution < 1.29 is 9.13 Å². The molecular formula is C24H25FN4O. The van der Waals surface area contributed by atoms with Gasteiger partial charge in [-0.2, -0.15) is 0 Å². The van der Waals surface area contributed by atoms with Crippen LogP contribution in [0.5, 0.6) is 5.75 Å². The second-order valence-electron chi connectivity index (χ2n) is 8.89. The molecule has 30 heavy (non-hydrogen) atoms. The first-order valence-corrected chi connectivity index (χ1v) is 10.7. The molecule has 3 aromatic rings. The summed E-state index contributed by atoms with van der Waals surface area (Å²) in [5.74, 6) is 0.604. The molecule has 4 heterocycles. The molecule has 6 heteroatoms. The van der Waals surface area contributed by atoms with Gasteiger partial charge in [0.2, 0.25) is 0 Å². The molecule has 0 amide bonds. The van der Waals surface area contributed by atoms with Gasteiger partial charge in [0, 0.05) is 60.5 Å². The first kappa shape index (κ1) is 18.0. The van der Waals surface area contributed by atoms with E-state index in [-0.39, 0.29) is 5.82 Å². The average molecular weight is 404 g/mol. The minimum absolute atomic E-state index is 0.302. The number of ether oxygens (including phenoxy) is 1. The van der Waals surface area contributed by atoms with Crippen molar-refractivity contribution in [1.82, 2.24) is 14.7 Å². The number of anilines is 1. The minimum atomic E-state index is -0.302. The maximum Gasteiger partial charge on any atom is 0.173 e. The Hall–Kier alpha value is -2.86. The number of piperazine rings is 1. The van der Waals surface area contributed by atoms with Crippen molar-refractivity contribution in [2.45, 2.75) is 31.7 Å². The Balaban J connectivity index is 1.29. The van der Waals surface area contributed by atoms with E-state index in [2.05, 4.69) is 39.5 Å². The highest BCUT2D eigenvalue weighted by Gasteiger charge is 2.40. The van der Waals surface area contributed by atoms with Crippen molar-refractivity contribution in [2.75, 3.05) is 31.1 Å². The zero-order valence-corrected chi connectivity index (χ0v) is 17.1. The van der Waals surface area contributed by atoms with Gasteiger partial charge in [-0.1, -0.05) is 0 Å². The molecule has 6 rings (SSSR count). The van der Waals surface area contributed by atoms with Crippen LogP contribution in [0, 0.1) is 12.7 Å². The van der Waals surface area contributed by atoms with Gasteiger partial charge >= 0.3 is 0 Å². The van der Waals surface area contributed by atoms with Gasteiger partial charge < -0.3 is 19.4 Å². The number of pyridine rings is 1. The summed E-state index contributed by atoms with van der Waals surface area (Å²) in [6.45, 7) is 5.44. The predicted molar refractivity (Wildman–Crippen MR) is 116 cm³/mol. The number of hydrogen-bond acceptors (Lipinski definition) is 4. The van der Waals surface area contributed by atoms with Crippen molar-refractivity contribution in [2.24, 2.45) is 0 Å². The van der Waals surface area contributed by atoms with E-state index in [1.54, 1.807) is 4.40 Å². The normalized spacial score (nSPS) is 19.9. The first-order valence-electron chi connectivity index (χ1n) is 10.7. The van der Waals surface area contributed by atoms with Gasteiger partial charge in [0.05, 0.1) is 5.69 Å². The van der Waals surface area contributed by atoms with E-state index < -0.39 is 0 Å².